The van der Waals surface area contributed by atoms with E-state index in [0.29, 0.717) is 43.1 Å². The Morgan fingerprint density at radius 2 is 1.78 bits per heavy atom. The summed E-state index contributed by atoms with van der Waals surface area (Å²) in [5.41, 5.74) is 0.451. The van der Waals surface area contributed by atoms with E-state index in [2.05, 4.69) is 14.4 Å². The van der Waals surface area contributed by atoms with Crippen LogP contribution in [0.4, 0.5) is 8.78 Å². The first-order chi connectivity index (χ1) is 23.4. The third-order valence-corrected chi connectivity index (χ3v) is 10.1. The number of aromatic nitrogens is 1. The summed E-state index contributed by atoms with van der Waals surface area (Å²) in [7, 11) is -2.83. The van der Waals surface area contributed by atoms with Gasteiger partial charge in [0.15, 0.2) is 23.9 Å². The number of methoxy groups -OCH3 is 1. The number of alkyl halides is 2. The second-order valence-electron chi connectivity index (χ2n) is 11.4. The third kappa shape index (κ3) is 10.0. The first-order valence-electron chi connectivity index (χ1n) is 15.4. The van der Waals surface area contributed by atoms with Gasteiger partial charge >= 0.3 is 12.6 Å². The van der Waals surface area contributed by atoms with Crippen LogP contribution < -0.4 is 23.7 Å². The average Bonchev–Trinajstić information content (AvgIpc) is 3.90. The summed E-state index contributed by atoms with van der Waals surface area (Å²) in [5, 5.41) is 11.9. The van der Waals surface area contributed by atoms with Crippen LogP contribution >= 0.6 is 23.2 Å². The fraction of sp³-hybridized carbons (Fsp3) is 0.438. The number of halogens is 4. The Bertz CT molecular complexity index is 1720. The van der Waals surface area contributed by atoms with E-state index in [1.54, 1.807) is 0 Å². The molecule has 1 aromatic heterocycles. The summed E-state index contributed by atoms with van der Waals surface area (Å²) in [5.74, 6) is -0.833. The van der Waals surface area contributed by atoms with E-state index in [4.69, 9.17) is 42.1 Å². The summed E-state index contributed by atoms with van der Waals surface area (Å²) in [4.78, 5) is 15.5. The number of rotatable bonds is 16. The molecule has 1 aliphatic carbocycles. The van der Waals surface area contributed by atoms with Crippen molar-refractivity contribution >= 4 is 39.2 Å². The lowest BCUT2D eigenvalue weighted by atomic mass is 10.0. The summed E-state index contributed by atoms with van der Waals surface area (Å²) in [6.45, 7) is 0.221. The Morgan fingerprint density at radius 3 is 2.43 bits per heavy atom. The van der Waals surface area contributed by atoms with E-state index in [-0.39, 0.29) is 68.8 Å². The summed E-state index contributed by atoms with van der Waals surface area (Å²) >= 11 is 12.7. The molecule has 1 unspecified atom stereocenters. The van der Waals surface area contributed by atoms with Gasteiger partial charge in [-0.3, -0.25) is 4.90 Å². The summed E-state index contributed by atoms with van der Waals surface area (Å²) < 4.78 is 83.1. The number of nitrogens with zero attached hydrogens (tertiary/aromatic N) is 2. The van der Waals surface area contributed by atoms with E-state index < -0.39 is 28.7 Å². The highest BCUT2D eigenvalue weighted by Gasteiger charge is 2.28. The Kier molecular flexibility index (Phi) is 12.4. The number of benzene rings is 2. The molecule has 0 radical (unpaired) electrons. The van der Waals surface area contributed by atoms with Gasteiger partial charge in [-0.05, 0) is 54.7 Å². The van der Waals surface area contributed by atoms with Crippen LogP contribution in [0, 0.1) is 11.1 Å². The Balaban J connectivity index is 1.43. The van der Waals surface area contributed by atoms with E-state index in [0.717, 1.165) is 31.3 Å². The molecule has 1 atom stereocenters. The minimum Gasteiger partial charge on any atom is -0.619 e. The van der Waals surface area contributed by atoms with Crippen molar-refractivity contribution in [2.45, 2.75) is 36.9 Å². The van der Waals surface area contributed by atoms with Gasteiger partial charge in [0.1, 0.15) is 26.8 Å². The van der Waals surface area contributed by atoms with Crippen LogP contribution in [0.5, 0.6) is 17.2 Å². The van der Waals surface area contributed by atoms with Gasteiger partial charge in [-0.1, -0.05) is 29.3 Å². The van der Waals surface area contributed by atoms with Gasteiger partial charge in [0.2, 0.25) is 10.0 Å². The number of esters is 1. The normalized spacial score (nSPS) is 16.0. The maximum Gasteiger partial charge on any atom is 0.387 e. The molecule has 1 N–H and O–H groups in total. The fourth-order valence-corrected chi connectivity index (χ4v) is 6.93. The molecule has 0 bridgehead atoms. The number of pyridine rings is 1. The van der Waals surface area contributed by atoms with E-state index in [1.807, 2.05) is 0 Å². The molecule has 0 spiro atoms. The number of carbonyl (C=O) groups excluding carboxylic acids is 1. The molecule has 17 heteroatoms. The largest absolute Gasteiger partial charge is 0.619 e. The van der Waals surface area contributed by atoms with Crippen molar-refractivity contribution in [3.63, 3.8) is 0 Å². The highest BCUT2D eigenvalue weighted by Crippen LogP contribution is 2.38. The molecule has 2 aromatic carbocycles. The first kappa shape index (κ1) is 36.8. The lowest BCUT2D eigenvalue weighted by molar-refractivity contribution is -0.605. The molecule has 1 aliphatic heterocycles. The van der Waals surface area contributed by atoms with Gasteiger partial charge in [-0.25, -0.2) is 17.9 Å². The zero-order valence-electron chi connectivity index (χ0n) is 26.4. The fourth-order valence-electron chi connectivity index (χ4n) is 5.11. The number of hydrogen-bond acceptors (Lipinski definition) is 10. The van der Waals surface area contributed by atoms with Crippen molar-refractivity contribution in [3.8, 4) is 17.2 Å². The van der Waals surface area contributed by atoms with Crippen molar-refractivity contribution in [2.75, 3.05) is 53.1 Å². The minimum absolute atomic E-state index is 0.00705. The van der Waals surface area contributed by atoms with Crippen LogP contribution in [0.2, 0.25) is 10.0 Å². The number of sulfonamides is 1. The van der Waals surface area contributed by atoms with Crippen molar-refractivity contribution in [3.05, 3.63) is 80.7 Å². The maximum absolute atomic E-state index is 13.7. The third-order valence-electron chi connectivity index (χ3n) is 7.94. The highest BCUT2D eigenvalue weighted by atomic mass is 35.5. The molecule has 1 saturated carbocycles. The van der Waals surface area contributed by atoms with Gasteiger partial charge in [0.05, 0.1) is 32.5 Å². The number of morpholine rings is 1. The van der Waals surface area contributed by atoms with Gasteiger partial charge in [-0.2, -0.15) is 13.5 Å². The molecule has 266 valence electrons. The maximum atomic E-state index is 13.7. The monoisotopic (exact) mass is 745 g/mol. The molecule has 0 amide bonds. The Labute approximate surface area is 292 Å². The van der Waals surface area contributed by atoms with Gasteiger partial charge in [0.25, 0.3) is 0 Å². The van der Waals surface area contributed by atoms with Crippen molar-refractivity contribution in [1.29, 1.82) is 0 Å². The van der Waals surface area contributed by atoms with Gasteiger partial charge in [0, 0.05) is 38.2 Å². The molecule has 5 rings (SSSR count). The van der Waals surface area contributed by atoms with Crippen LogP contribution in [-0.2, 0) is 25.9 Å². The number of carbonyl (C=O) groups is 1. The molecule has 12 nitrogen and oxygen atoms in total. The van der Waals surface area contributed by atoms with Crippen LogP contribution in [0.25, 0.3) is 0 Å². The van der Waals surface area contributed by atoms with Crippen molar-refractivity contribution in [2.24, 2.45) is 5.92 Å². The average molecular weight is 747 g/mol. The zero-order valence-corrected chi connectivity index (χ0v) is 28.7. The van der Waals surface area contributed by atoms with Crippen LogP contribution in [0.15, 0.2) is 53.7 Å². The highest BCUT2D eigenvalue weighted by molar-refractivity contribution is 7.89. The zero-order chi connectivity index (χ0) is 35.1. The second kappa shape index (κ2) is 16.5. The molecular formula is C32H35Cl2F2N3O9S. The Hall–Kier alpha value is -3.47. The molecule has 49 heavy (non-hydrogen) atoms. The predicted octanol–water partition coefficient (Wildman–Crippen LogP) is 4.78. The molecule has 1 saturated heterocycles. The number of ether oxygens (including phenoxy) is 5. The SMILES string of the molecule is COc1ccc(C(=O)OC(Cc2c(Cl)c[n+]([O-])cc2Cl)c2ccc(OC(F)F)c(OCC3CC3)c2)cc1S(=O)(=O)NCCN1CCOCC1. The minimum atomic E-state index is -4.13. The molecule has 3 aromatic rings. The lowest BCUT2D eigenvalue weighted by Gasteiger charge is -2.26. The smallest absolute Gasteiger partial charge is 0.387 e. The predicted molar refractivity (Wildman–Crippen MR) is 174 cm³/mol. The second-order valence-corrected chi connectivity index (χ2v) is 14.0. The standard InChI is InChI=1S/C32H35Cl2F2N3O9S/c1-44-27-7-5-22(15-30(27)49(42,43)37-8-9-38-10-12-45-13-11-38)31(40)47-28(16-23-24(33)17-39(41)18-25(23)34)21-4-6-26(48-32(35)36)29(14-21)46-19-20-2-3-20/h4-7,14-15,17-18,20,28,32,37H,2-3,8-13,16,19H2,1H3. The topological polar surface area (TPSA) is 140 Å². The van der Waals surface area contributed by atoms with Crippen LogP contribution in [0.3, 0.4) is 0 Å². The molecular weight excluding hydrogens is 711 g/mol. The Morgan fingerprint density at radius 1 is 1.08 bits per heavy atom. The van der Waals surface area contributed by atoms with E-state index >= 15 is 0 Å². The summed E-state index contributed by atoms with van der Waals surface area (Å²) in [6.07, 6.45) is 2.74. The number of hydrogen-bond donors (Lipinski definition) is 1. The first-order valence-corrected chi connectivity index (χ1v) is 17.6. The number of nitrogens with one attached hydrogen (secondary N) is 1. The summed E-state index contributed by atoms with van der Waals surface area (Å²) in [6, 6.07) is 7.92. The quantitative estimate of drug-likeness (QED) is 0.124. The van der Waals surface area contributed by atoms with Gasteiger partial charge < -0.3 is 28.9 Å². The molecule has 2 fully saturated rings. The lowest BCUT2D eigenvalue weighted by Crippen LogP contribution is -2.41. The van der Waals surface area contributed by atoms with E-state index in [9.17, 15) is 27.2 Å². The molecule has 2 aliphatic rings. The molecule has 2 heterocycles. The van der Waals surface area contributed by atoms with Crippen molar-refractivity contribution in [1.82, 2.24) is 9.62 Å². The van der Waals surface area contributed by atoms with Gasteiger partial charge in [-0.15, -0.1) is 0 Å². The van der Waals surface area contributed by atoms with Crippen molar-refractivity contribution < 1.29 is 50.4 Å². The van der Waals surface area contributed by atoms with E-state index in [1.165, 1.54) is 37.4 Å². The van der Waals surface area contributed by atoms with Crippen LogP contribution in [0.1, 0.15) is 40.4 Å². The van der Waals surface area contributed by atoms with Crippen LogP contribution in [-0.4, -0.2) is 79.0 Å².